The average molecular weight is 324 g/mol. The van der Waals surface area contributed by atoms with Gasteiger partial charge < -0.3 is 14.4 Å². The molecule has 0 saturated carbocycles. The first-order valence-electron chi connectivity index (χ1n) is 8.75. The molecule has 1 aromatic rings. The molecule has 4 nitrogen and oxygen atoms in total. The number of piperidine rings is 1. The predicted molar refractivity (Wildman–Crippen MR) is 89.5 cm³/mol. The molecule has 1 aromatic heterocycles. The Hall–Kier alpha value is -0.490. The summed E-state index contributed by atoms with van der Waals surface area (Å²) in [6.07, 6.45) is 7.11. The van der Waals surface area contributed by atoms with Gasteiger partial charge in [0.15, 0.2) is 6.29 Å². The molecule has 0 aromatic carbocycles. The Morgan fingerprint density at radius 3 is 3.09 bits per heavy atom. The number of rotatable bonds is 6. The fourth-order valence-corrected chi connectivity index (χ4v) is 4.32. The molecular formula is C17H28N2O2S. The zero-order valence-electron chi connectivity index (χ0n) is 13.6. The fourth-order valence-electron chi connectivity index (χ4n) is 3.29. The van der Waals surface area contributed by atoms with Gasteiger partial charge in [-0.05, 0) is 45.1 Å². The van der Waals surface area contributed by atoms with Gasteiger partial charge in [-0.1, -0.05) is 6.92 Å². The number of aryl methyl sites for hydroxylation is 1. The zero-order valence-corrected chi connectivity index (χ0v) is 14.4. The lowest BCUT2D eigenvalue weighted by atomic mass is 9.99. The smallest absolute Gasteiger partial charge is 0.157 e. The first-order chi connectivity index (χ1) is 10.8. The molecule has 3 heterocycles. The maximum absolute atomic E-state index is 5.87. The number of ether oxygens (including phenoxy) is 2. The van der Waals surface area contributed by atoms with Gasteiger partial charge in [0.05, 0.1) is 17.3 Å². The van der Waals surface area contributed by atoms with E-state index in [9.17, 15) is 0 Å². The van der Waals surface area contributed by atoms with E-state index in [2.05, 4.69) is 17.2 Å². The highest BCUT2D eigenvalue weighted by Gasteiger charge is 2.24. The topological polar surface area (TPSA) is 34.6 Å². The van der Waals surface area contributed by atoms with Crippen LogP contribution in [0.3, 0.4) is 0 Å². The SMILES string of the molecule is CCc1csc([C@H]2CCCN(CCO[C@@H]3CCCCO3)C2)n1. The highest BCUT2D eigenvalue weighted by molar-refractivity contribution is 7.09. The van der Waals surface area contributed by atoms with Crippen LogP contribution in [0, 0.1) is 0 Å². The molecule has 0 radical (unpaired) electrons. The van der Waals surface area contributed by atoms with Gasteiger partial charge in [-0.15, -0.1) is 11.3 Å². The summed E-state index contributed by atoms with van der Waals surface area (Å²) in [5.41, 5.74) is 1.25. The summed E-state index contributed by atoms with van der Waals surface area (Å²) in [4.78, 5) is 7.31. The van der Waals surface area contributed by atoms with E-state index in [-0.39, 0.29) is 6.29 Å². The quantitative estimate of drug-likeness (QED) is 0.803. The van der Waals surface area contributed by atoms with Crippen molar-refractivity contribution >= 4 is 11.3 Å². The van der Waals surface area contributed by atoms with Crippen molar-refractivity contribution in [1.82, 2.24) is 9.88 Å². The summed E-state index contributed by atoms with van der Waals surface area (Å²) in [5, 5.41) is 3.55. The second-order valence-electron chi connectivity index (χ2n) is 6.34. The second kappa shape index (κ2) is 8.39. The van der Waals surface area contributed by atoms with Crippen molar-refractivity contribution in [3.05, 3.63) is 16.1 Å². The average Bonchev–Trinajstić information content (AvgIpc) is 3.05. The van der Waals surface area contributed by atoms with Crippen LogP contribution < -0.4 is 0 Å². The van der Waals surface area contributed by atoms with E-state index in [0.29, 0.717) is 5.92 Å². The van der Waals surface area contributed by atoms with Crippen LogP contribution in [-0.4, -0.2) is 49.0 Å². The molecule has 0 amide bonds. The number of hydrogen-bond acceptors (Lipinski definition) is 5. The molecule has 0 unspecified atom stereocenters. The summed E-state index contributed by atoms with van der Waals surface area (Å²) in [6, 6.07) is 0. The summed E-state index contributed by atoms with van der Waals surface area (Å²) in [6.45, 7) is 7.16. The zero-order chi connectivity index (χ0) is 15.2. The van der Waals surface area contributed by atoms with Gasteiger partial charge in [-0.3, -0.25) is 0 Å². The highest BCUT2D eigenvalue weighted by atomic mass is 32.1. The normalized spacial score (nSPS) is 27.1. The molecule has 0 N–H and O–H groups in total. The summed E-state index contributed by atoms with van der Waals surface area (Å²) < 4.78 is 11.5. The summed E-state index contributed by atoms with van der Waals surface area (Å²) in [7, 11) is 0. The second-order valence-corrected chi connectivity index (χ2v) is 7.23. The number of thiazole rings is 1. The summed E-state index contributed by atoms with van der Waals surface area (Å²) >= 11 is 1.84. The molecule has 0 spiro atoms. The molecule has 2 fully saturated rings. The Balaban J connectivity index is 1.42. The Morgan fingerprint density at radius 2 is 2.32 bits per heavy atom. The van der Waals surface area contributed by atoms with Crippen LogP contribution in [0.1, 0.15) is 55.6 Å². The van der Waals surface area contributed by atoms with Crippen molar-refractivity contribution in [2.75, 3.05) is 32.8 Å². The lowest BCUT2D eigenvalue weighted by Crippen LogP contribution is -2.37. The van der Waals surface area contributed by atoms with E-state index < -0.39 is 0 Å². The van der Waals surface area contributed by atoms with Crippen molar-refractivity contribution in [2.24, 2.45) is 0 Å². The highest BCUT2D eigenvalue weighted by Crippen LogP contribution is 2.29. The number of aromatic nitrogens is 1. The molecule has 0 bridgehead atoms. The maximum atomic E-state index is 5.87. The van der Waals surface area contributed by atoms with Crippen molar-refractivity contribution in [1.29, 1.82) is 0 Å². The molecule has 2 atom stereocenters. The van der Waals surface area contributed by atoms with Crippen LogP contribution in [0.2, 0.25) is 0 Å². The molecule has 124 valence electrons. The third kappa shape index (κ3) is 4.51. The molecule has 0 aliphatic carbocycles. The van der Waals surface area contributed by atoms with Crippen LogP contribution in [0.4, 0.5) is 0 Å². The Kier molecular flexibility index (Phi) is 6.24. The molecule has 2 saturated heterocycles. The molecule has 5 heteroatoms. The lowest BCUT2D eigenvalue weighted by Gasteiger charge is -2.32. The molecule has 2 aliphatic heterocycles. The largest absolute Gasteiger partial charge is 0.353 e. The third-order valence-corrected chi connectivity index (χ3v) is 5.69. The van der Waals surface area contributed by atoms with Crippen LogP contribution in [0.5, 0.6) is 0 Å². The van der Waals surface area contributed by atoms with E-state index in [1.165, 1.54) is 42.9 Å². The minimum absolute atomic E-state index is 0.0420. The first-order valence-corrected chi connectivity index (χ1v) is 9.63. The van der Waals surface area contributed by atoms with Crippen molar-refractivity contribution in [3.63, 3.8) is 0 Å². The van der Waals surface area contributed by atoms with Gasteiger partial charge in [-0.25, -0.2) is 4.98 Å². The van der Waals surface area contributed by atoms with Crippen LogP contribution in [0.15, 0.2) is 5.38 Å². The molecular weight excluding hydrogens is 296 g/mol. The van der Waals surface area contributed by atoms with Crippen LogP contribution in [-0.2, 0) is 15.9 Å². The van der Waals surface area contributed by atoms with E-state index in [4.69, 9.17) is 14.5 Å². The van der Waals surface area contributed by atoms with E-state index in [0.717, 1.165) is 39.1 Å². The van der Waals surface area contributed by atoms with Crippen molar-refractivity contribution in [2.45, 2.75) is 57.7 Å². The Bertz CT molecular complexity index is 446. The van der Waals surface area contributed by atoms with Gasteiger partial charge in [0.2, 0.25) is 0 Å². The predicted octanol–water partition coefficient (Wildman–Crippen LogP) is 3.43. The van der Waals surface area contributed by atoms with Crippen LogP contribution >= 0.6 is 11.3 Å². The standard InChI is InChI=1S/C17H28N2O2S/c1-2-15-13-22-17(18-15)14-6-5-8-19(12-14)9-11-21-16-7-3-4-10-20-16/h13-14,16H,2-12H2,1H3/t14-,16+/m0/s1. The molecule has 2 aliphatic rings. The molecule has 22 heavy (non-hydrogen) atoms. The van der Waals surface area contributed by atoms with Crippen molar-refractivity contribution in [3.8, 4) is 0 Å². The first kappa shape index (κ1) is 16.4. The summed E-state index contributed by atoms with van der Waals surface area (Å²) in [5.74, 6) is 0.616. The fraction of sp³-hybridized carbons (Fsp3) is 0.824. The van der Waals surface area contributed by atoms with Gasteiger partial charge >= 0.3 is 0 Å². The van der Waals surface area contributed by atoms with E-state index in [1.807, 2.05) is 11.3 Å². The number of nitrogens with zero attached hydrogens (tertiary/aromatic N) is 2. The van der Waals surface area contributed by atoms with E-state index >= 15 is 0 Å². The number of likely N-dealkylation sites (tertiary alicyclic amines) is 1. The van der Waals surface area contributed by atoms with Crippen molar-refractivity contribution < 1.29 is 9.47 Å². The van der Waals surface area contributed by atoms with E-state index in [1.54, 1.807) is 0 Å². The van der Waals surface area contributed by atoms with Gasteiger partial charge in [0.1, 0.15) is 0 Å². The monoisotopic (exact) mass is 324 g/mol. The lowest BCUT2D eigenvalue weighted by molar-refractivity contribution is -0.164. The van der Waals surface area contributed by atoms with Gasteiger partial charge in [-0.2, -0.15) is 0 Å². The van der Waals surface area contributed by atoms with Crippen LogP contribution in [0.25, 0.3) is 0 Å². The van der Waals surface area contributed by atoms with Gasteiger partial charge in [0, 0.05) is 31.0 Å². The Labute approximate surface area is 137 Å². The minimum Gasteiger partial charge on any atom is -0.353 e. The third-order valence-electron chi connectivity index (χ3n) is 4.64. The Morgan fingerprint density at radius 1 is 1.36 bits per heavy atom. The minimum atomic E-state index is 0.0420. The maximum Gasteiger partial charge on any atom is 0.157 e. The molecule has 3 rings (SSSR count). The number of hydrogen-bond donors (Lipinski definition) is 0. The van der Waals surface area contributed by atoms with Gasteiger partial charge in [0.25, 0.3) is 0 Å².